The van der Waals surface area contributed by atoms with Crippen LogP contribution in [0.15, 0.2) is 308 Å². The summed E-state index contributed by atoms with van der Waals surface area (Å²) >= 11 is 0. The SMILES string of the molecule is c1ccc(-c2ccccc2-c2ccc(N(c3ccc(-c4ccc(-c5cccc6ccccc56)cc4)cc3)c3ccc(-c4ccc(-c5cccc6ccccc56)cc4)cc3)cc2)c(-c2ccc(-c3nc4ccccc4o3)cc2)c1. The molecule has 14 rings (SSSR count). The lowest BCUT2D eigenvalue weighted by Gasteiger charge is -2.26. The van der Waals surface area contributed by atoms with Crippen LogP contribution < -0.4 is 4.90 Å². The van der Waals surface area contributed by atoms with E-state index in [4.69, 9.17) is 9.40 Å². The molecule has 0 atom stereocenters. The van der Waals surface area contributed by atoms with Crippen LogP contribution in [0.25, 0.3) is 122 Å². The van der Waals surface area contributed by atoms with Gasteiger partial charge in [0.1, 0.15) is 5.52 Å². The van der Waals surface area contributed by atoms with Gasteiger partial charge in [-0.2, -0.15) is 0 Å². The predicted octanol–water partition coefficient (Wildman–Crippen LogP) is 20.9. The van der Waals surface area contributed by atoms with Gasteiger partial charge in [-0.1, -0.05) is 243 Å². The Morgan fingerprint density at radius 2 is 0.538 bits per heavy atom. The third-order valence-corrected chi connectivity index (χ3v) is 15.2. The lowest BCUT2D eigenvalue weighted by Crippen LogP contribution is -2.09. The number of fused-ring (bicyclic) bond motifs is 3. The topological polar surface area (TPSA) is 29.3 Å². The Hall–Kier alpha value is -10.4. The van der Waals surface area contributed by atoms with Crippen LogP contribution in [0.5, 0.6) is 0 Å². The van der Waals surface area contributed by atoms with E-state index in [1.165, 1.54) is 66.1 Å². The van der Waals surface area contributed by atoms with E-state index in [-0.39, 0.29) is 0 Å². The van der Waals surface area contributed by atoms with Crippen molar-refractivity contribution < 1.29 is 4.42 Å². The molecule has 13 aromatic carbocycles. The summed E-state index contributed by atoms with van der Waals surface area (Å²) in [7, 11) is 0. The van der Waals surface area contributed by atoms with Crippen molar-refractivity contribution in [3.63, 3.8) is 0 Å². The van der Waals surface area contributed by atoms with E-state index in [9.17, 15) is 0 Å². The summed E-state index contributed by atoms with van der Waals surface area (Å²) in [6, 6.07) is 109. The minimum atomic E-state index is 0.621. The number of rotatable bonds is 11. The van der Waals surface area contributed by atoms with Gasteiger partial charge in [0.25, 0.3) is 0 Å². The van der Waals surface area contributed by atoms with Crippen LogP contribution in [0, 0.1) is 0 Å². The van der Waals surface area contributed by atoms with Gasteiger partial charge in [0.05, 0.1) is 0 Å². The van der Waals surface area contributed by atoms with E-state index < -0.39 is 0 Å². The maximum Gasteiger partial charge on any atom is 0.227 e. The van der Waals surface area contributed by atoms with Gasteiger partial charge in [-0.15, -0.1) is 0 Å². The number of hydrogen-bond donors (Lipinski definition) is 0. The number of para-hydroxylation sites is 2. The molecule has 0 radical (unpaired) electrons. The summed E-state index contributed by atoms with van der Waals surface area (Å²) < 4.78 is 6.11. The number of hydrogen-bond acceptors (Lipinski definition) is 3. The van der Waals surface area contributed by atoms with Crippen molar-refractivity contribution in [2.75, 3.05) is 4.90 Å². The maximum atomic E-state index is 6.11. The molecule has 78 heavy (non-hydrogen) atoms. The monoisotopic (exact) mass is 994 g/mol. The first-order valence-corrected chi connectivity index (χ1v) is 26.6. The van der Waals surface area contributed by atoms with Crippen molar-refractivity contribution in [3.05, 3.63) is 303 Å². The molecule has 3 nitrogen and oxygen atoms in total. The molecular formula is C75H50N2O. The zero-order chi connectivity index (χ0) is 51.8. The molecule has 0 amide bonds. The van der Waals surface area contributed by atoms with Crippen LogP contribution in [0.2, 0.25) is 0 Å². The van der Waals surface area contributed by atoms with Gasteiger partial charge in [-0.05, 0) is 160 Å². The van der Waals surface area contributed by atoms with Crippen LogP contribution in [0.1, 0.15) is 0 Å². The van der Waals surface area contributed by atoms with E-state index in [0.717, 1.165) is 67.1 Å². The molecule has 0 unspecified atom stereocenters. The first-order valence-electron chi connectivity index (χ1n) is 26.6. The average molecular weight is 995 g/mol. The van der Waals surface area contributed by atoms with E-state index in [1.807, 2.05) is 24.3 Å². The number of anilines is 3. The van der Waals surface area contributed by atoms with Crippen molar-refractivity contribution in [1.29, 1.82) is 0 Å². The van der Waals surface area contributed by atoms with Gasteiger partial charge in [0.2, 0.25) is 5.89 Å². The first kappa shape index (κ1) is 46.2. The molecule has 0 N–H and O–H groups in total. The number of oxazole rings is 1. The second kappa shape index (κ2) is 20.1. The lowest BCUT2D eigenvalue weighted by atomic mass is 9.89. The highest BCUT2D eigenvalue weighted by atomic mass is 16.3. The normalized spacial score (nSPS) is 11.3. The zero-order valence-electron chi connectivity index (χ0n) is 42.7. The van der Waals surface area contributed by atoms with Crippen LogP contribution in [-0.2, 0) is 0 Å². The predicted molar refractivity (Wildman–Crippen MR) is 327 cm³/mol. The number of aromatic nitrogens is 1. The molecule has 0 saturated carbocycles. The highest BCUT2D eigenvalue weighted by molar-refractivity contribution is 5.98. The highest BCUT2D eigenvalue weighted by Gasteiger charge is 2.18. The molecule has 0 aliphatic heterocycles. The van der Waals surface area contributed by atoms with Crippen LogP contribution in [-0.4, -0.2) is 4.98 Å². The van der Waals surface area contributed by atoms with Crippen molar-refractivity contribution >= 4 is 49.7 Å². The minimum Gasteiger partial charge on any atom is -0.436 e. The van der Waals surface area contributed by atoms with Gasteiger partial charge in [-0.3, -0.25) is 0 Å². The van der Waals surface area contributed by atoms with Gasteiger partial charge in [-0.25, -0.2) is 4.98 Å². The van der Waals surface area contributed by atoms with Gasteiger partial charge < -0.3 is 9.32 Å². The summed E-state index contributed by atoms with van der Waals surface area (Å²) in [5.74, 6) is 0.621. The van der Waals surface area contributed by atoms with Crippen LogP contribution in [0.3, 0.4) is 0 Å². The third-order valence-electron chi connectivity index (χ3n) is 15.2. The van der Waals surface area contributed by atoms with E-state index >= 15 is 0 Å². The van der Waals surface area contributed by atoms with Gasteiger partial charge in [0, 0.05) is 22.6 Å². The Morgan fingerprint density at radius 1 is 0.231 bits per heavy atom. The van der Waals surface area contributed by atoms with Gasteiger partial charge in [0.15, 0.2) is 5.58 Å². The Kier molecular flexibility index (Phi) is 11.9. The standard InChI is InChI=1S/C75H50N2O/c1-3-17-65-55(13-1)15-11-23-67(65)57-31-27-51(28-32-57)53-39-45-62(46-40-53)77(63-47-41-54(42-48-63)52-29-33-58(34-30-52)68-24-12-16-56-14-2-4-18-66(56)68)64-49-43-60(44-50-64)70-20-6-8-22-72(70)71-21-7-5-19-69(71)59-35-37-61(38-36-59)75-76-73-25-9-10-26-74(73)78-75/h1-50H. The molecule has 0 aliphatic rings. The van der Waals surface area contributed by atoms with E-state index in [2.05, 4.69) is 284 Å². The van der Waals surface area contributed by atoms with Gasteiger partial charge >= 0.3 is 0 Å². The Bertz CT molecular complexity index is 4230. The van der Waals surface area contributed by atoms with Crippen molar-refractivity contribution in [1.82, 2.24) is 4.98 Å². The summed E-state index contributed by atoms with van der Waals surface area (Å²) in [6.07, 6.45) is 0. The average Bonchev–Trinajstić information content (AvgIpc) is 3.98. The van der Waals surface area contributed by atoms with E-state index in [1.54, 1.807) is 0 Å². The zero-order valence-corrected chi connectivity index (χ0v) is 42.7. The number of benzene rings is 13. The molecular weight excluding hydrogens is 945 g/mol. The lowest BCUT2D eigenvalue weighted by molar-refractivity contribution is 0.620. The molecule has 366 valence electrons. The van der Waals surface area contributed by atoms with Crippen molar-refractivity contribution in [2.24, 2.45) is 0 Å². The highest BCUT2D eigenvalue weighted by Crippen LogP contribution is 2.42. The molecule has 14 aromatic rings. The smallest absolute Gasteiger partial charge is 0.227 e. The third kappa shape index (κ3) is 8.79. The Labute approximate surface area is 454 Å². The maximum absolute atomic E-state index is 6.11. The minimum absolute atomic E-state index is 0.621. The second-order valence-corrected chi connectivity index (χ2v) is 19.8. The summed E-state index contributed by atoms with van der Waals surface area (Å²) in [4.78, 5) is 7.10. The molecule has 0 bridgehead atoms. The van der Waals surface area contributed by atoms with Crippen LogP contribution >= 0.6 is 0 Å². The summed E-state index contributed by atoms with van der Waals surface area (Å²) in [5, 5.41) is 5.02. The van der Waals surface area contributed by atoms with Crippen molar-refractivity contribution in [3.8, 4) is 89.3 Å². The molecule has 0 fully saturated rings. The fraction of sp³-hybridized carbons (Fsp3) is 0. The number of nitrogens with zero attached hydrogens (tertiary/aromatic N) is 2. The summed E-state index contributed by atoms with van der Waals surface area (Å²) in [6.45, 7) is 0. The van der Waals surface area contributed by atoms with Crippen LogP contribution in [0.4, 0.5) is 17.1 Å². The molecule has 1 aromatic heterocycles. The summed E-state index contributed by atoms with van der Waals surface area (Å²) in [5.41, 5.74) is 22.3. The van der Waals surface area contributed by atoms with E-state index in [0.29, 0.717) is 5.89 Å². The first-order chi connectivity index (χ1) is 38.6. The Morgan fingerprint density at radius 3 is 0.987 bits per heavy atom. The quantitative estimate of drug-likeness (QED) is 0.129. The largest absolute Gasteiger partial charge is 0.436 e. The Balaban J connectivity index is 0.784. The second-order valence-electron chi connectivity index (χ2n) is 19.8. The molecule has 0 spiro atoms. The van der Waals surface area contributed by atoms with Crippen molar-refractivity contribution in [2.45, 2.75) is 0 Å². The fourth-order valence-corrected chi connectivity index (χ4v) is 11.2. The molecule has 0 saturated heterocycles. The molecule has 1 heterocycles. The fourth-order valence-electron chi connectivity index (χ4n) is 11.2. The molecule has 3 heteroatoms. The molecule has 0 aliphatic carbocycles.